The van der Waals surface area contributed by atoms with Gasteiger partial charge in [0.15, 0.2) is 11.5 Å². The number of aliphatic hydroxyl groups excluding tert-OH is 1. The molecule has 7 heteroatoms. The van der Waals surface area contributed by atoms with Crippen molar-refractivity contribution in [1.82, 2.24) is 4.90 Å². The average Bonchev–Trinajstić information content (AvgIpc) is 2.89. The molecule has 1 N–H and O–H groups in total. The molecule has 0 aromatic heterocycles. The highest BCUT2D eigenvalue weighted by molar-refractivity contribution is 8.04. The lowest BCUT2D eigenvalue weighted by Crippen LogP contribution is -2.40. The van der Waals surface area contributed by atoms with Crippen molar-refractivity contribution < 1.29 is 24.2 Å². The van der Waals surface area contributed by atoms with Gasteiger partial charge in [0, 0.05) is 11.8 Å². The molecular formula is C21H27NO5S. The fourth-order valence-electron chi connectivity index (χ4n) is 3.90. The van der Waals surface area contributed by atoms with E-state index in [-0.39, 0.29) is 24.5 Å². The number of hydrogen-bond donors (Lipinski definition) is 1. The van der Waals surface area contributed by atoms with E-state index in [1.165, 1.54) is 23.8 Å². The minimum Gasteiger partial charge on any atom is -0.493 e. The maximum Gasteiger partial charge on any atom is 0.268 e. The number of aliphatic hydroxyl groups is 1. The quantitative estimate of drug-likeness (QED) is 0.554. The number of benzene rings is 1. The molecule has 6 nitrogen and oxygen atoms in total. The largest absolute Gasteiger partial charge is 0.493 e. The zero-order valence-electron chi connectivity index (χ0n) is 16.4. The molecule has 0 bridgehead atoms. The van der Waals surface area contributed by atoms with Crippen LogP contribution in [0.15, 0.2) is 23.1 Å². The van der Waals surface area contributed by atoms with E-state index >= 15 is 0 Å². The Morgan fingerprint density at radius 3 is 2.32 bits per heavy atom. The van der Waals surface area contributed by atoms with Gasteiger partial charge < -0.3 is 14.6 Å². The fraction of sp³-hybridized carbons (Fsp3) is 0.524. The molecule has 0 atom stereocenters. The van der Waals surface area contributed by atoms with Crippen LogP contribution in [0, 0.1) is 0 Å². The molecule has 1 aliphatic carbocycles. The molecule has 1 heterocycles. The summed E-state index contributed by atoms with van der Waals surface area (Å²) in [7, 11) is 3.09. The molecule has 2 amide bonds. The Labute approximate surface area is 169 Å². The van der Waals surface area contributed by atoms with Crippen molar-refractivity contribution in [3.63, 3.8) is 0 Å². The normalized spacial score (nSPS) is 18.6. The van der Waals surface area contributed by atoms with Crippen molar-refractivity contribution in [2.75, 3.05) is 26.6 Å². The van der Waals surface area contributed by atoms with Crippen LogP contribution in [0.25, 0.3) is 5.57 Å². The molecule has 1 saturated carbocycles. The molecule has 1 aromatic carbocycles. The van der Waals surface area contributed by atoms with Gasteiger partial charge in [0.05, 0.1) is 31.3 Å². The molecule has 0 saturated heterocycles. The number of nitrogens with zero attached hydrogens (tertiary/aromatic N) is 1. The van der Waals surface area contributed by atoms with Crippen LogP contribution in [0.1, 0.15) is 44.1 Å². The summed E-state index contributed by atoms with van der Waals surface area (Å²) in [5, 5.41) is 9.25. The third-order valence-corrected chi connectivity index (χ3v) is 6.33. The number of methoxy groups -OCH3 is 2. The predicted molar refractivity (Wildman–Crippen MR) is 109 cm³/mol. The summed E-state index contributed by atoms with van der Waals surface area (Å²) in [6.07, 6.45) is 6.08. The number of carbonyl (C=O) groups is 2. The second-order valence-corrected chi connectivity index (χ2v) is 8.08. The van der Waals surface area contributed by atoms with Gasteiger partial charge in [0.1, 0.15) is 0 Å². The lowest BCUT2D eigenvalue weighted by molar-refractivity contribution is -0.139. The van der Waals surface area contributed by atoms with Crippen molar-refractivity contribution in [2.24, 2.45) is 0 Å². The monoisotopic (exact) mass is 405 g/mol. The van der Waals surface area contributed by atoms with Gasteiger partial charge in [-0.2, -0.15) is 0 Å². The third kappa shape index (κ3) is 4.05. The van der Waals surface area contributed by atoms with Gasteiger partial charge in [-0.15, -0.1) is 11.8 Å². The van der Waals surface area contributed by atoms with Crippen LogP contribution in [-0.2, 0) is 9.59 Å². The minimum atomic E-state index is -0.246. The first kappa shape index (κ1) is 20.7. The van der Waals surface area contributed by atoms with Crippen molar-refractivity contribution in [2.45, 2.75) is 44.6 Å². The standard InChI is InChI=1S/C21H27NO5S/c1-26-16-10-9-14(13-17(16)27-2)18-19(28-12-11-23)21(25)22(20(18)24)15-7-5-3-4-6-8-15/h9-10,13,15,23H,3-8,11-12H2,1-2H3. The van der Waals surface area contributed by atoms with Crippen LogP contribution in [0.2, 0.25) is 0 Å². The summed E-state index contributed by atoms with van der Waals surface area (Å²) in [5.74, 6) is 0.953. The number of carbonyl (C=O) groups excluding carboxylic acids is 2. The van der Waals surface area contributed by atoms with Crippen molar-refractivity contribution >= 4 is 29.1 Å². The minimum absolute atomic E-state index is 0.0510. The zero-order valence-corrected chi connectivity index (χ0v) is 17.2. The van der Waals surface area contributed by atoms with E-state index in [1.807, 2.05) is 0 Å². The number of ether oxygens (including phenoxy) is 2. The van der Waals surface area contributed by atoms with Gasteiger partial charge in [-0.1, -0.05) is 31.7 Å². The molecular weight excluding hydrogens is 378 g/mol. The maximum atomic E-state index is 13.4. The van der Waals surface area contributed by atoms with E-state index < -0.39 is 0 Å². The SMILES string of the molecule is COc1ccc(C2=C(SCCO)C(=O)N(C3CCCCCC3)C2=O)cc1OC. The summed E-state index contributed by atoms with van der Waals surface area (Å²) in [6.45, 7) is -0.0573. The Balaban J connectivity index is 2.00. The van der Waals surface area contributed by atoms with Crippen LogP contribution in [-0.4, -0.2) is 54.4 Å². The van der Waals surface area contributed by atoms with Crippen LogP contribution >= 0.6 is 11.8 Å². The van der Waals surface area contributed by atoms with Crippen LogP contribution in [0.5, 0.6) is 11.5 Å². The number of amides is 2. The molecule has 3 rings (SSSR count). The Morgan fingerprint density at radius 2 is 1.71 bits per heavy atom. The first-order chi connectivity index (χ1) is 13.6. The Kier molecular flexibility index (Phi) is 7.02. The summed E-state index contributed by atoms with van der Waals surface area (Å²) < 4.78 is 10.7. The Morgan fingerprint density at radius 1 is 1.04 bits per heavy atom. The lowest BCUT2D eigenvalue weighted by Gasteiger charge is -2.25. The van der Waals surface area contributed by atoms with Crippen LogP contribution in [0.4, 0.5) is 0 Å². The molecule has 0 unspecified atom stereocenters. The van der Waals surface area contributed by atoms with E-state index in [2.05, 4.69) is 0 Å². The van der Waals surface area contributed by atoms with E-state index in [4.69, 9.17) is 9.47 Å². The second-order valence-electron chi connectivity index (χ2n) is 6.97. The molecule has 1 aliphatic heterocycles. The summed E-state index contributed by atoms with van der Waals surface area (Å²) in [4.78, 5) is 28.4. The van der Waals surface area contributed by atoms with Gasteiger partial charge in [-0.25, -0.2) is 0 Å². The highest BCUT2D eigenvalue weighted by Crippen LogP contribution is 2.41. The summed E-state index contributed by atoms with van der Waals surface area (Å²) >= 11 is 1.24. The highest BCUT2D eigenvalue weighted by atomic mass is 32.2. The van der Waals surface area contributed by atoms with Gasteiger partial charge >= 0.3 is 0 Å². The Hall–Kier alpha value is -1.99. The zero-order chi connectivity index (χ0) is 20.1. The smallest absolute Gasteiger partial charge is 0.268 e. The van der Waals surface area contributed by atoms with E-state index in [0.717, 1.165) is 38.5 Å². The molecule has 1 fully saturated rings. The first-order valence-corrected chi connectivity index (χ1v) is 10.7. The topological polar surface area (TPSA) is 76.1 Å². The summed E-state index contributed by atoms with van der Waals surface area (Å²) in [5.41, 5.74) is 1.03. The van der Waals surface area contributed by atoms with Gasteiger partial charge in [-0.3, -0.25) is 14.5 Å². The Bertz CT molecular complexity index is 768. The number of imide groups is 1. The summed E-state index contributed by atoms with van der Waals surface area (Å²) in [6, 6.07) is 5.19. The molecule has 152 valence electrons. The first-order valence-electron chi connectivity index (χ1n) is 9.70. The molecule has 0 radical (unpaired) electrons. The molecule has 0 spiro atoms. The fourth-order valence-corrected chi connectivity index (χ4v) is 4.77. The maximum absolute atomic E-state index is 13.4. The van der Waals surface area contributed by atoms with E-state index in [9.17, 15) is 14.7 Å². The third-order valence-electron chi connectivity index (χ3n) is 5.27. The average molecular weight is 406 g/mol. The van der Waals surface area contributed by atoms with Gasteiger partial charge in [0.25, 0.3) is 11.8 Å². The molecule has 1 aromatic rings. The predicted octanol–water partition coefficient (Wildman–Crippen LogP) is 3.23. The van der Waals surface area contributed by atoms with Crippen LogP contribution < -0.4 is 9.47 Å². The number of rotatable bonds is 7. The second kappa shape index (κ2) is 9.47. The van der Waals surface area contributed by atoms with Gasteiger partial charge in [0.2, 0.25) is 0 Å². The molecule has 2 aliphatic rings. The van der Waals surface area contributed by atoms with Crippen molar-refractivity contribution in [3.05, 3.63) is 28.7 Å². The van der Waals surface area contributed by atoms with Crippen molar-refractivity contribution in [1.29, 1.82) is 0 Å². The molecule has 28 heavy (non-hydrogen) atoms. The highest BCUT2D eigenvalue weighted by Gasteiger charge is 2.42. The van der Waals surface area contributed by atoms with Crippen LogP contribution in [0.3, 0.4) is 0 Å². The van der Waals surface area contributed by atoms with Crippen molar-refractivity contribution in [3.8, 4) is 11.5 Å². The lowest BCUT2D eigenvalue weighted by atomic mass is 10.0. The van der Waals surface area contributed by atoms with E-state index in [1.54, 1.807) is 25.3 Å². The number of hydrogen-bond acceptors (Lipinski definition) is 6. The van der Waals surface area contributed by atoms with Gasteiger partial charge in [-0.05, 0) is 30.5 Å². The van der Waals surface area contributed by atoms with E-state index in [0.29, 0.717) is 33.3 Å². The number of thioether (sulfide) groups is 1.